The topological polar surface area (TPSA) is 129 Å². The molecule has 5 rings (SSSR count). The molecule has 2 aliphatic heterocycles. The van der Waals surface area contributed by atoms with E-state index in [1.165, 1.54) is 0 Å². The van der Waals surface area contributed by atoms with Gasteiger partial charge in [-0.25, -0.2) is 19.4 Å². The minimum absolute atomic E-state index is 0.0126. The molecular weight excluding hydrogens is 616 g/mol. The van der Waals surface area contributed by atoms with Crippen LogP contribution in [0.25, 0.3) is 22.3 Å². The molecule has 3 N–H and O–H groups in total. The van der Waals surface area contributed by atoms with Crippen molar-refractivity contribution in [2.75, 3.05) is 31.2 Å². The molecule has 2 saturated heterocycles. The van der Waals surface area contributed by atoms with E-state index >= 15 is 0 Å². The number of carbonyl (C=O) groups is 1. The summed E-state index contributed by atoms with van der Waals surface area (Å²) in [5.74, 6) is -0.469. The van der Waals surface area contributed by atoms with E-state index in [2.05, 4.69) is 45.5 Å². The van der Waals surface area contributed by atoms with E-state index in [1.54, 1.807) is 23.0 Å². The maximum Gasteiger partial charge on any atom is 0.336 e. The van der Waals surface area contributed by atoms with E-state index in [0.29, 0.717) is 64.0 Å². The van der Waals surface area contributed by atoms with Gasteiger partial charge in [0.25, 0.3) is 0 Å². The SMILES string of the molecule is C[C@@H]1OCC2(CCN(c3cc(C(=O)O)c4c(-c5ccnc(Br)c5Cl)nn(COCC[Si](C)(C)C)c4n3)CC2)[C@@H]1N. The first kappa shape index (κ1) is 29.4. The van der Waals surface area contributed by atoms with Gasteiger partial charge in [-0.05, 0) is 53.9 Å². The summed E-state index contributed by atoms with van der Waals surface area (Å²) in [5.41, 5.74) is 8.01. The first-order valence-corrected chi connectivity index (χ1v) is 18.4. The third-order valence-corrected chi connectivity index (χ3v) is 11.1. The molecule has 40 heavy (non-hydrogen) atoms. The predicted octanol–water partition coefficient (Wildman–Crippen LogP) is 5.25. The highest BCUT2D eigenvalue weighted by Crippen LogP contribution is 2.43. The number of nitrogens with two attached hydrogens (primary N) is 1. The molecule has 216 valence electrons. The van der Waals surface area contributed by atoms with Crippen molar-refractivity contribution in [1.82, 2.24) is 19.7 Å². The zero-order chi connectivity index (χ0) is 28.8. The van der Waals surface area contributed by atoms with Crippen molar-refractivity contribution >= 4 is 58.4 Å². The number of piperidine rings is 1. The highest BCUT2D eigenvalue weighted by atomic mass is 79.9. The van der Waals surface area contributed by atoms with E-state index in [4.69, 9.17) is 36.9 Å². The molecule has 13 heteroatoms. The summed E-state index contributed by atoms with van der Waals surface area (Å²) in [7, 11) is -1.29. The summed E-state index contributed by atoms with van der Waals surface area (Å²) < 4.78 is 14.0. The van der Waals surface area contributed by atoms with Gasteiger partial charge < -0.3 is 25.2 Å². The lowest BCUT2D eigenvalue weighted by molar-refractivity contribution is 0.0698. The molecule has 3 aromatic heterocycles. The van der Waals surface area contributed by atoms with Crippen molar-refractivity contribution in [2.24, 2.45) is 11.1 Å². The molecule has 0 aromatic carbocycles. The Balaban J connectivity index is 1.55. The van der Waals surface area contributed by atoms with Crippen LogP contribution in [0.1, 0.15) is 30.1 Å². The number of aromatic carboxylic acids is 1. The molecule has 2 aliphatic rings. The van der Waals surface area contributed by atoms with Crippen LogP contribution in [0, 0.1) is 5.41 Å². The van der Waals surface area contributed by atoms with Gasteiger partial charge in [0.05, 0.1) is 28.7 Å². The lowest BCUT2D eigenvalue weighted by Gasteiger charge is -2.41. The van der Waals surface area contributed by atoms with Crippen LogP contribution in [-0.2, 0) is 16.2 Å². The fourth-order valence-corrected chi connectivity index (χ4v) is 6.84. The normalized spacial score (nSPS) is 21.0. The number of nitrogens with zero attached hydrogens (tertiary/aromatic N) is 5. The van der Waals surface area contributed by atoms with Crippen molar-refractivity contribution in [2.45, 2.75) is 64.3 Å². The van der Waals surface area contributed by atoms with Gasteiger partial charge in [-0.1, -0.05) is 31.2 Å². The van der Waals surface area contributed by atoms with Crippen LogP contribution >= 0.6 is 27.5 Å². The molecule has 3 aromatic rings. The summed E-state index contributed by atoms with van der Waals surface area (Å²) in [6.07, 6.45) is 3.34. The molecule has 0 unspecified atom stereocenters. The van der Waals surface area contributed by atoms with Gasteiger partial charge in [-0.15, -0.1) is 0 Å². The smallest absolute Gasteiger partial charge is 0.336 e. The maximum absolute atomic E-state index is 12.7. The highest BCUT2D eigenvalue weighted by molar-refractivity contribution is 9.10. The third-order valence-electron chi connectivity index (χ3n) is 8.16. The predicted molar refractivity (Wildman–Crippen MR) is 162 cm³/mol. The molecule has 2 atom stereocenters. The quantitative estimate of drug-likeness (QED) is 0.191. The number of hydrogen-bond donors (Lipinski definition) is 2. The molecule has 10 nitrogen and oxygen atoms in total. The zero-order valence-electron chi connectivity index (χ0n) is 23.3. The van der Waals surface area contributed by atoms with Crippen molar-refractivity contribution in [3.63, 3.8) is 0 Å². The van der Waals surface area contributed by atoms with Crippen molar-refractivity contribution in [1.29, 1.82) is 0 Å². The van der Waals surface area contributed by atoms with E-state index in [1.807, 2.05) is 6.92 Å². The number of carboxylic acid groups (broad SMARTS) is 1. The van der Waals surface area contributed by atoms with Crippen molar-refractivity contribution < 1.29 is 19.4 Å². The lowest BCUT2D eigenvalue weighted by atomic mass is 9.73. The van der Waals surface area contributed by atoms with Crippen LogP contribution in [0.3, 0.4) is 0 Å². The molecule has 5 heterocycles. The van der Waals surface area contributed by atoms with Crippen molar-refractivity contribution in [3.8, 4) is 11.3 Å². The Morgan fingerprint density at radius 2 is 2.08 bits per heavy atom. The molecule has 0 saturated carbocycles. The zero-order valence-corrected chi connectivity index (χ0v) is 26.6. The Morgan fingerprint density at radius 3 is 2.70 bits per heavy atom. The number of hydrogen-bond acceptors (Lipinski definition) is 8. The van der Waals surface area contributed by atoms with E-state index < -0.39 is 14.0 Å². The van der Waals surface area contributed by atoms with Gasteiger partial charge in [-0.3, -0.25) is 0 Å². The number of aromatic nitrogens is 4. The molecule has 0 aliphatic carbocycles. The first-order chi connectivity index (χ1) is 18.9. The standard InChI is InChI=1S/C27H36BrClN6O4Si/c1-16-23(30)27(14-39-16)6-9-34(10-7-27)19-13-18(26(36)37)20-22(17-5-8-31-24(28)21(17)29)33-35(25(20)32-19)15-38-11-12-40(2,3)4/h5,8,13,16,23H,6-7,9-12,14-15,30H2,1-4H3,(H,36,37)/t16-,23+/m0/s1. The number of ether oxygens (including phenoxy) is 2. The van der Waals surface area contributed by atoms with E-state index in [-0.39, 0.29) is 29.9 Å². The molecular formula is C27H36BrClN6O4Si. The van der Waals surface area contributed by atoms with Crippen LogP contribution < -0.4 is 10.6 Å². The average Bonchev–Trinajstić information content (AvgIpc) is 3.40. The Labute approximate surface area is 248 Å². The summed E-state index contributed by atoms with van der Waals surface area (Å²) >= 11 is 9.97. The van der Waals surface area contributed by atoms with Crippen LogP contribution in [0.5, 0.6) is 0 Å². The molecule has 0 amide bonds. The first-order valence-electron chi connectivity index (χ1n) is 13.6. The lowest BCUT2D eigenvalue weighted by Crippen LogP contribution is -2.50. The molecule has 2 fully saturated rings. The second kappa shape index (κ2) is 11.3. The van der Waals surface area contributed by atoms with Gasteiger partial charge in [0.1, 0.15) is 22.8 Å². The largest absolute Gasteiger partial charge is 0.478 e. The molecule has 0 radical (unpaired) electrons. The Kier molecular flexibility index (Phi) is 8.30. The fourth-order valence-electron chi connectivity index (χ4n) is 5.55. The van der Waals surface area contributed by atoms with Crippen LogP contribution in [-0.4, -0.2) is 77.3 Å². The number of pyridine rings is 2. The Morgan fingerprint density at radius 1 is 1.35 bits per heavy atom. The maximum atomic E-state index is 12.7. The van der Waals surface area contributed by atoms with Gasteiger partial charge in [0.15, 0.2) is 5.65 Å². The van der Waals surface area contributed by atoms with Gasteiger partial charge >= 0.3 is 5.97 Å². The second-order valence-corrected chi connectivity index (χ2v) is 18.8. The molecule has 1 spiro atoms. The second-order valence-electron chi connectivity index (χ2n) is 12.1. The summed E-state index contributed by atoms with van der Waals surface area (Å²) in [6.45, 7) is 11.7. The summed E-state index contributed by atoms with van der Waals surface area (Å²) in [6, 6.07) is 4.35. The third kappa shape index (κ3) is 5.66. The fraction of sp³-hybridized carbons (Fsp3) is 0.556. The van der Waals surface area contributed by atoms with Gasteiger partial charge in [0.2, 0.25) is 0 Å². The summed E-state index contributed by atoms with van der Waals surface area (Å²) in [5, 5.41) is 15.9. The van der Waals surface area contributed by atoms with Crippen LogP contribution in [0.15, 0.2) is 22.9 Å². The Bertz CT molecular complexity index is 1420. The number of rotatable bonds is 8. The monoisotopic (exact) mass is 650 g/mol. The number of halogens is 2. The van der Waals surface area contributed by atoms with Crippen molar-refractivity contribution in [3.05, 3.63) is 33.5 Å². The van der Waals surface area contributed by atoms with Gasteiger partial charge in [-0.2, -0.15) is 5.10 Å². The Hall–Kier alpha value is -2.09. The number of fused-ring (bicyclic) bond motifs is 1. The van der Waals surface area contributed by atoms with Crippen LogP contribution in [0.4, 0.5) is 5.82 Å². The summed E-state index contributed by atoms with van der Waals surface area (Å²) in [4.78, 5) is 23.9. The highest BCUT2D eigenvalue weighted by Gasteiger charge is 2.47. The number of anilines is 1. The average molecular weight is 652 g/mol. The minimum Gasteiger partial charge on any atom is -0.478 e. The van der Waals surface area contributed by atoms with Crippen LogP contribution in [0.2, 0.25) is 30.7 Å². The minimum atomic E-state index is -1.29. The van der Waals surface area contributed by atoms with E-state index in [9.17, 15) is 9.90 Å². The van der Waals surface area contributed by atoms with E-state index in [0.717, 1.165) is 18.9 Å². The molecule has 0 bridgehead atoms. The number of carboxylic acids is 1. The van der Waals surface area contributed by atoms with Gasteiger partial charge in [0, 0.05) is 51.0 Å².